The number of hydrogen-bond donors (Lipinski definition) is 1. The molecular formula is C24H31N5O3. The lowest BCUT2D eigenvalue weighted by Gasteiger charge is -2.33. The molecule has 2 aliphatic heterocycles. The molecule has 1 fully saturated rings. The molecule has 3 heterocycles. The Balaban J connectivity index is 1.49. The maximum atomic E-state index is 13.0. The zero-order valence-corrected chi connectivity index (χ0v) is 19.1. The molecule has 32 heavy (non-hydrogen) atoms. The Morgan fingerprint density at radius 1 is 1.16 bits per heavy atom. The SMILES string of the molecule is CNc1nc(C2CCN(C(C)=O)CC2)nc2c1CCN(C(=O)Cc1cccc(OC)c1)C2. The van der Waals surface area contributed by atoms with Crippen LogP contribution in [0.2, 0.25) is 0 Å². The summed E-state index contributed by atoms with van der Waals surface area (Å²) in [5, 5.41) is 3.23. The third kappa shape index (κ3) is 4.69. The summed E-state index contributed by atoms with van der Waals surface area (Å²) in [6.07, 6.45) is 2.80. The van der Waals surface area contributed by atoms with Crippen molar-refractivity contribution >= 4 is 17.6 Å². The first-order valence-corrected chi connectivity index (χ1v) is 11.2. The lowest BCUT2D eigenvalue weighted by atomic mass is 9.95. The van der Waals surface area contributed by atoms with E-state index >= 15 is 0 Å². The van der Waals surface area contributed by atoms with Gasteiger partial charge in [0.1, 0.15) is 17.4 Å². The van der Waals surface area contributed by atoms with Gasteiger partial charge >= 0.3 is 0 Å². The summed E-state index contributed by atoms with van der Waals surface area (Å²) < 4.78 is 5.27. The predicted octanol–water partition coefficient (Wildman–Crippen LogP) is 2.38. The zero-order chi connectivity index (χ0) is 22.7. The first-order valence-electron chi connectivity index (χ1n) is 11.2. The number of rotatable bonds is 5. The van der Waals surface area contributed by atoms with E-state index in [1.165, 1.54) is 0 Å². The van der Waals surface area contributed by atoms with Crippen molar-refractivity contribution in [1.82, 2.24) is 19.8 Å². The van der Waals surface area contributed by atoms with Crippen LogP contribution in [0.1, 0.15) is 48.3 Å². The Morgan fingerprint density at radius 2 is 1.94 bits per heavy atom. The molecule has 1 N–H and O–H groups in total. The van der Waals surface area contributed by atoms with Crippen LogP contribution in [-0.2, 0) is 29.0 Å². The number of nitrogens with one attached hydrogen (secondary N) is 1. The normalized spacial score (nSPS) is 16.5. The molecule has 8 nitrogen and oxygen atoms in total. The molecular weight excluding hydrogens is 406 g/mol. The quantitative estimate of drug-likeness (QED) is 0.773. The van der Waals surface area contributed by atoms with Gasteiger partial charge in [-0.1, -0.05) is 12.1 Å². The number of piperidine rings is 1. The van der Waals surface area contributed by atoms with Gasteiger partial charge in [0.2, 0.25) is 11.8 Å². The van der Waals surface area contributed by atoms with Crippen LogP contribution in [0.15, 0.2) is 24.3 Å². The van der Waals surface area contributed by atoms with Crippen molar-refractivity contribution in [2.75, 3.05) is 39.1 Å². The highest BCUT2D eigenvalue weighted by molar-refractivity contribution is 5.79. The van der Waals surface area contributed by atoms with Gasteiger partial charge < -0.3 is 19.9 Å². The second-order valence-electron chi connectivity index (χ2n) is 8.48. The zero-order valence-electron chi connectivity index (χ0n) is 19.1. The monoisotopic (exact) mass is 437 g/mol. The molecule has 0 atom stereocenters. The van der Waals surface area contributed by atoms with E-state index in [4.69, 9.17) is 14.7 Å². The number of fused-ring (bicyclic) bond motifs is 1. The second kappa shape index (κ2) is 9.54. The number of nitrogens with zero attached hydrogens (tertiary/aromatic N) is 4. The Bertz CT molecular complexity index is 1000. The van der Waals surface area contributed by atoms with E-state index in [1.54, 1.807) is 14.0 Å². The van der Waals surface area contributed by atoms with Crippen molar-refractivity contribution in [3.05, 3.63) is 46.9 Å². The minimum atomic E-state index is 0.0878. The highest BCUT2D eigenvalue weighted by Gasteiger charge is 2.29. The molecule has 170 valence electrons. The molecule has 0 radical (unpaired) electrons. The Labute approximate surface area is 189 Å². The summed E-state index contributed by atoms with van der Waals surface area (Å²) in [4.78, 5) is 38.1. The molecule has 0 unspecified atom stereocenters. The molecule has 0 spiro atoms. The van der Waals surface area contributed by atoms with Crippen LogP contribution in [0.3, 0.4) is 0 Å². The van der Waals surface area contributed by atoms with Crippen LogP contribution in [-0.4, -0.2) is 65.4 Å². The summed E-state index contributed by atoms with van der Waals surface area (Å²) in [5.74, 6) is 2.87. The highest BCUT2D eigenvalue weighted by Crippen LogP contribution is 2.30. The molecule has 8 heteroatoms. The molecule has 2 amide bonds. The van der Waals surface area contributed by atoms with Crippen LogP contribution in [0.4, 0.5) is 5.82 Å². The standard InChI is InChI=1S/C24H31N5O3/c1-16(30)28-10-7-18(8-11-28)23-26-21-15-29(12-9-20(21)24(25-2)27-23)22(31)14-17-5-4-6-19(13-17)32-3/h4-6,13,18H,7-12,14-15H2,1-3H3,(H,25,26,27). The van der Waals surface area contributed by atoms with E-state index in [0.717, 1.165) is 66.6 Å². The van der Waals surface area contributed by atoms with E-state index in [1.807, 2.05) is 41.1 Å². The summed E-state index contributed by atoms with van der Waals surface area (Å²) >= 11 is 0. The van der Waals surface area contributed by atoms with Gasteiger partial charge in [0.25, 0.3) is 0 Å². The van der Waals surface area contributed by atoms with Crippen LogP contribution >= 0.6 is 0 Å². The first kappa shape index (κ1) is 22.0. The van der Waals surface area contributed by atoms with Gasteiger partial charge in [-0.3, -0.25) is 9.59 Å². The molecule has 0 aliphatic carbocycles. The number of likely N-dealkylation sites (tertiary alicyclic amines) is 1. The number of aromatic nitrogens is 2. The Hall–Kier alpha value is -3.16. The Morgan fingerprint density at radius 3 is 2.62 bits per heavy atom. The summed E-state index contributed by atoms with van der Waals surface area (Å²) in [5.41, 5.74) is 2.97. The first-order chi connectivity index (χ1) is 15.5. The van der Waals surface area contributed by atoms with Crippen molar-refractivity contribution in [3.63, 3.8) is 0 Å². The predicted molar refractivity (Wildman–Crippen MR) is 122 cm³/mol. The number of amides is 2. The number of carbonyl (C=O) groups excluding carboxylic acids is 2. The van der Waals surface area contributed by atoms with Gasteiger partial charge in [0.15, 0.2) is 0 Å². The number of hydrogen-bond acceptors (Lipinski definition) is 6. The third-order valence-electron chi connectivity index (χ3n) is 6.47. The minimum Gasteiger partial charge on any atom is -0.497 e. The number of benzene rings is 1. The summed E-state index contributed by atoms with van der Waals surface area (Å²) in [6.45, 7) is 4.24. The fourth-order valence-corrected chi connectivity index (χ4v) is 4.57. The smallest absolute Gasteiger partial charge is 0.227 e. The topological polar surface area (TPSA) is 87.7 Å². The Kier molecular flexibility index (Phi) is 6.58. The van der Waals surface area contributed by atoms with Crippen molar-refractivity contribution in [3.8, 4) is 5.75 Å². The number of methoxy groups -OCH3 is 1. The number of carbonyl (C=O) groups is 2. The van der Waals surface area contributed by atoms with Crippen LogP contribution in [0.25, 0.3) is 0 Å². The van der Waals surface area contributed by atoms with Gasteiger partial charge in [0, 0.05) is 45.1 Å². The van der Waals surface area contributed by atoms with Gasteiger partial charge in [-0.2, -0.15) is 0 Å². The largest absolute Gasteiger partial charge is 0.497 e. The highest BCUT2D eigenvalue weighted by atomic mass is 16.5. The summed E-state index contributed by atoms with van der Waals surface area (Å²) in [7, 11) is 3.51. The van der Waals surface area contributed by atoms with Crippen molar-refractivity contribution < 1.29 is 14.3 Å². The number of anilines is 1. The molecule has 2 aliphatic rings. The van der Waals surface area contributed by atoms with E-state index < -0.39 is 0 Å². The van der Waals surface area contributed by atoms with Gasteiger partial charge in [-0.25, -0.2) is 9.97 Å². The molecule has 4 rings (SSSR count). The van der Waals surface area contributed by atoms with E-state index in [0.29, 0.717) is 19.5 Å². The molecule has 0 bridgehead atoms. The lowest BCUT2D eigenvalue weighted by molar-refractivity contribution is -0.131. The average Bonchev–Trinajstić information content (AvgIpc) is 2.83. The van der Waals surface area contributed by atoms with Gasteiger partial charge in [-0.05, 0) is 37.0 Å². The summed E-state index contributed by atoms with van der Waals surface area (Å²) in [6, 6.07) is 7.64. The third-order valence-corrected chi connectivity index (χ3v) is 6.47. The van der Waals surface area contributed by atoms with Gasteiger partial charge in [-0.15, -0.1) is 0 Å². The van der Waals surface area contributed by atoms with Crippen molar-refractivity contribution in [2.24, 2.45) is 0 Å². The van der Waals surface area contributed by atoms with Crippen LogP contribution in [0, 0.1) is 0 Å². The molecule has 2 aromatic rings. The molecule has 0 saturated carbocycles. The molecule has 1 aromatic heterocycles. The van der Waals surface area contributed by atoms with E-state index in [2.05, 4.69) is 5.32 Å². The fraction of sp³-hybridized carbons (Fsp3) is 0.500. The molecule has 1 saturated heterocycles. The van der Waals surface area contributed by atoms with Crippen molar-refractivity contribution in [1.29, 1.82) is 0 Å². The fourth-order valence-electron chi connectivity index (χ4n) is 4.57. The second-order valence-corrected chi connectivity index (χ2v) is 8.48. The van der Waals surface area contributed by atoms with E-state index in [-0.39, 0.29) is 17.7 Å². The minimum absolute atomic E-state index is 0.0878. The van der Waals surface area contributed by atoms with E-state index in [9.17, 15) is 9.59 Å². The van der Waals surface area contributed by atoms with Crippen molar-refractivity contribution in [2.45, 2.75) is 45.1 Å². The van der Waals surface area contributed by atoms with Gasteiger partial charge in [0.05, 0.1) is 25.8 Å². The maximum Gasteiger partial charge on any atom is 0.227 e. The molecule has 1 aromatic carbocycles. The van der Waals surface area contributed by atoms with Crippen LogP contribution in [0.5, 0.6) is 5.75 Å². The van der Waals surface area contributed by atoms with Crippen LogP contribution < -0.4 is 10.1 Å². The average molecular weight is 438 g/mol. The maximum absolute atomic E-state index is 13.0. The number of ether oxygens (including phenoxy) is 1. The lowest BCUT2D eigenvalue weighted by Crippen LogP contribution is -2.39.